The first-order valence-electron chi connectivity index (χ1n) is 11.1. The number of nitrogens with one attached hydrogen (secondary N) is 1. The van der Waals surface area contributed by atoms with Crippen LogP contribution in [0.5, 0.6) is 0 Å². The number of aromatic nitrogens is 1. The summed E-state index contributed by atoms with van der Waals surface area (Å²) in [6, 6.07) is 17.5. The van der Waals surface area contributed by atoms with Crippen molar-refractivity contribution in [2.75, 3.05) is 12.4 Å². The maximum absolute atomic E-state index is 13.7. The molecule has 33 heavy (non-hydrogen) atoms. The van der Waals surface area contributed by atoms with Crippen LogP contribution in [0, 0.1) is 6.92 Å². The molecule has 0 radical (unpaired) electrons. The van der Waals surface area contributed by atoms with Crippen molar-refractivity contribution < 1.29 is 14.3 Å². The molecule has 0 saturated carbocycles. The number of para-hydroxylation sites is 1. The number of fused-ring (bicyclic) bond motifs is 2. The van der Waals surface area contributed by atoms with E-state index in [0.717, 1.165) is 59.0 Å². The third-order valence-corrected chi connectivity index (χ3v) is 7.41. The van der Waals surface area contributed by atoms with Gasteiger partial charge in [0.15, 0.2) is 0 Å². The smallest absolute Gasteiger partial charge is 0.341 e. The molecular weight excluding hydrogens is 432 g/mol. The number of amides is 1. The molecule has 2 heterocycles. The molecule has 1 amide bonds. The van der Waals surface area contributed by atoms with Gasteiger partial charge in [0.25, 0.3) is 5.91 Å². The van der Waals surface area contributed by atoms with E-state index >= 15 is 0 Å². The summed E-state index contributed by atoms with van der Waals surface area (Å²) >= 11 is 1.49. The molecule has 0 fully saturated rings. The fourth-order valence-electron chi connectivity index (χ4n) is 4.61. The Morgan fingerprint density at radius 1 is 0.970 bits per heavy atom. The van der Waals surface area contributed by atoms with E-state index in [4.69, 9.17) is 9.72 Å². The normalized spacial score (nSPS) is 12.9. The van der Waals surface area contributed by atoms with Crippen LogP contribution in [0.3, 0.4) is 0 Å². The Kier molecular flexibility index (Phi) is 5.68. The molecule has 2 aromatic heterocycles. The molecule has 0 spiro atoms. The van der Waals surface area contributed by atoms with Crippen LogP contribution in [0.1, 0.15) is 49.6 Å². The van der Waals surface area contributed by atoms with Gasteiger partial charge < -0.3 is 10.1 Å². The number of carbonyl (C=O) groups is 2. The molecule has 6 heteroatoms. The fraction of sp³-hybridized carbons (Fsp3) is 0.222. The number of hydrogen-bond acceptors (Lipinski definition) is 5. The van der Waals surface area contributed by atoms with Crippen molar-refractivity contribution in [1.82, 2.24) is 4.98 Å². The summed E-state index contributed by atoms with van der Waals surface area (Å²) in [4.78, 5) is 32.4. The van der Waals surface area contributed by atoms with E-state index in [1.807, 2.05) is 61.5 Å². The SMILES string of the molecule is COC(=O)c1c(NC(=O)c2c(C)c(-c3ccccc3)nc3ccccc23)sc2c1CCCC2. The van der Waals surface area contributed by atoms with Crippen LogP contribution in [0.15, 0.2) is 54.6 Å². The number of thiophene rings is 1. The van der Waals surface area contributed by atoms with Crippen molar-refractivity contribution in [2.45, 2.75) is 32.6 Å². The van der Waals surface area contributed by atoms with Gasteiger partial charge in [0.2, 0.25) is 0 Å². The zero-order valence-electron chi connectivity index (χ0n) is 18.6. The number of pyridine rings is 1. The standard InChI is InChI=1S/C27H24N2O3S/c1-16-22(18-12-6-8-14-20(18)28-24(16)17-10-4-3-5-11-17)25(30)29-26-23(27(31)32-2)19-13-7-9-15-21(19)33-26/h3-6,8,10-12,14H,7,9,13,15H2,1-2H3,(H,29,30). The van der Waals surface area contributed by atoms with Crippen LogP contribution in [0.4, 0.5) is 5.00 Å². The van der Waals surface area contributed by atoms with E-state index < -0.39 is 5.97 Å². The van der Waals surface area contributed by atoms with Gasteiger partial charge in [-0.15, -0.1) is 11.3 Å². The van der Waals surface area contributed by atoms with Crippen LogP contribution < -0.4 is 5.32 Å². The van der Waals surface area contributed by atoms with Crippen molar-refractivity contribution in [3.63, 3.8) is 0 Å². The van der Waals surface area contributed by atoms with E-state index in [1.165, 1.54) is 23.3 Å². The number of aryl methyl sites for hydroxylation is 1. The predicted octanol–water partition coefficient (Wildman–Crippen LogP) is 6.19. The van der Waals surface area contributed by atoms with Crippen molar-refractivity contribution in [3.05, 3.63) is 81.7 Å². The largest absolute Gasteiger partial charge is 0.465 e. The topological polar surface area (TPSA) is 68.3 Å². The number of anilines is 1. The zero-order chi connectivity index (χ0) is 22.9. The highest BCUT2D eigenvalue weighted by atomic mass is 32.1. The average molecular weight is 457 g/mol. The minimum Gasteiger partial charge on any atom is -0.465 e. The van der Waals surface area contributed by atoms with Gasteiger partial charge >= 0.3 is 5.97 Å². The summed E-state index contributed by atoms with van der Waals surface area (Å²) in [6.45, 7) is 1.93. The van der Waals surface area contributed by atoms with E-state index in [2.05, 4.69) is 5.32 Å². The van der Waals surface area contributed by atoms with Gasteiger partial charge in [-0.3, -0.25) is 4.79 Å². The number of ether oxygens (including phenoxy) is 1. The number of rotatable bonds is 4. The number of benzene rings is 2. The molecule has 5 rings (SSSR count). The molecule has 2 aromatic carbocycles. The first-order chi connectivity index (χ1) is 16.1. The lowest BCUT2D eigenvalue weighted by Gasteiger charge is -2.15. The Balaban J connectivity index is 1.64. The molecule has 4 aromatic rings. The van der Waals surface area contributed by atoms with Gasteiger partial charge in [-0.25, -0.2) is 9.78 Å². The molecule has 5 nitrogen and oxygen atoms in total. The van der Waals surface area contributed by atoms with Crippen LogP contribution in [0.25, 0.3) is 22.2 Å². The van der Waals surface area contributed by atoms with Crippen molar-refractivity contribution in [3.8, 4) is 11.3 Å². The highest BCUT2D eigenvalue weighted by Crippen LogP contribution is 2.39. The number of methoxy groups -OCH3 is 1. The summed E-state index contributed by atoms with van der Waals surface area (Å²) in [7, 11) is 1.38. The number of carbonyl (C=O) groups excluding carboxylic acids is 2. The summed E-state index contributed by atoms with van der Waals surface area (Å²) in [5, 5.41) is 4.42. The number of nitrogens with zero attached hydrogens (tertiary/aromatic N) is 1. The second-order valence-electron chi connectivity index (χ2n) is 8.20. The van der Waals surface area contributed by atoms with Crippen LogP contribution >= 0.6 is 11.3 Å². The monoisotopic (exact) mass is 456 g/mol. The average Bonchev–Trinajstić information content (AvgIpc) is 3.21. The van der Waals surface area contributed by atoms with Crippen LogP contribution in [-0.2, 0) is 17.6 Å². The molecule has 0 bridgehead atoms. The molecule has 1 aliphatic carbocycles. The summed E-state index contributed by atoms with van der Waals surface area (Å²) in [5.74, 6) is -0.641. The van der Waals surface area contributed by atoms with Crippen molar-refractivity contribution in [2.24, 2.45) is 0 Å². The quantitative estimate of drug-likeness (QED) is 0.372. The molecule has 0 saturated heterocycles. The minimum absolute atomic E-state index is 0.243. The third-order valence-electron chi connectivity index (χ3n) is 6.20. The molecule has 0 aliphatic heterocycles. The van der Waals surface area contributed by atoms with Crippen LogP contribution in [0.2, 0.25) is 0 Å². The Morgan fingerprint density at radius 3 is 2.48 bits per heavy atom. The first kappa shape index (κ1) is 21.3. The Labute approximate surface area is 196 Å². The summed E-state index contributed by atoms with van der Waals surface area (Å²) < 4.78 is 5.07. The molecule has 1 aliphatic rings. The van der Waals surface area contributed by atoms with Crippen LogP contribution in [-0.4, -0.2) is 24.0 Å². The van der Waals surface area contributed by atoms with Gasteiger partial charge in [0.05, 0.1) is 29.4 Å². The third kappa shape index (κ3) is 3.80. The molecule has 0 atom stereocenters. The number of hydrogen-bond donors (Lipinski definition) is 1. The lowest BCUT2D eigenvalue weighted by molar-refractivity contribution is 0.0601. The maximum Gasteiger partial charge on any atom is 0.341 e. The van der Waals surface area contributed by atoms with Crippen molar-refractivity contribution in [1.29, 1.82) is 0 Å². The molecule has 0 unspecified atom stereocenters. The predicted molar refractivity (Wildman–Crippen MR) is 132 cm³/mol. The highest BCUT2D eigenvalue weighted by molar-refractivity contribution is 7.17. The van der Waals surface area contributed by atoms with E-state index in [9.17, 15) is 9.59 Å². The summed E-state index contributed by atoms with van der Waals surface area (Å²) in [5.41, 5.74) is 5.39. The molecule has 166 valence electrons. The zero-order valence-corrected chi connectivity index (χ0v) is 19.4. The van der Waals surface area contributed by atoms with E-state index in [0.29, 0.717) is 16.1 Å². The fourth-order valence-corrected chi connectivity index (χ4v) is 5.89. The van der Waals surface area contributed by atoms with Gasteiger partial charge in [-0.1, -0.05) is 48.5 Å². The van der Waals surface area contributed by atoms with E-state index in [-0.39, 0.29) is 5.91 Å². The van der Waals surface area contributed by atoms with Gasteiger partial charge in [0.1, 0.15) is 5.00 Å². The second-order valence-corrected chi connectivity index (χ2v) is 9.31. The van der Waals surface area contributed by atoms with Gasteiger partial charge in [0, 0.05) is 15.8 Å². The molecular formula is C27H24N2O3S. The first-order valence-corrected chi connectivity index (χ1v) is 11.9. The maximum atomic E-state index is 13.7. The Hall–Kier alpha value is -3.51. The second kappa shape index (κ2) is 8.79. The minimum atomic E-state index is -0.397. The number of esters is 1. The summed E-state index contributed by atoms with van der Waals surface area (Å²) in [6.07, 6.45) is 3.89. The van der Waals surface area contributed by atoms with Gasteiger partial charge in [-0.2, -0.15) is 0 Å². The Bertz CT molecular complexity index is 1380. The van der Waals surface area contributed by atoms with Crippen molar-refractivity contribution >= 4 is 39.1 Å². The van der Waals surface area contributed by atoms with E-state index in [1.54, 1.807) is 0 Å². The molecule has 1 N–H and O–H groups in total. The lowest BCUT2D eigenvalue weighted by Crippen LogP contribution is -2.17. The van der Waals surface area contributed by atoms with Gasteiger partial charge in [-0.05, 0) is 49.8 Å². The Morgan fingerprint density at radius 2 is 1.70 bits per heavy atom. The highest BCUT2D eigenvalue weighted by Gasteiger charge is 2.28. The lowest BCUT2D eigenvalue weighted by atomic mass is 9.95.